The maximum atomic E-state index is 12.2. The molecule has 4 nitrogen and oxygen atoms in total. The van der Waals surface area contributed by atoms with Crippen LogP contribution in [0.3, 0.4) is 0 Å². The maximum absolute atomic E-state index is 12.2. The number of benzene rings is 1. The van der Waals surface area contributed by atoms with E-state index in [1.807, 2.05) is 19.1 Å². The van der Waals surface area contributed by atoms with Crippen molar-refractivity contribution in [2.24, 2.45) is 0 Å². The monoisotopic (exact) mass is 292 g/mol. The van der Waals surface area contributed by atoms with Gasteiger partial charge in [0.15, 0.2) is 11.3 Å². The van der Waals surface area contributed by atoms with Crippen molar-refractivity contribution in [3.8, 4) is 0 Å². The van der Waals surface area contributed by atoms with Crippen molar-refractivity contribution in [3.63, 3.8) is 0 Å². The summed E-state index contributed by atoms with van der Waals surface area (Å²) in [6, 6.07) is 5.90. The van der Waals surface area contributed by atoms with Crippen LogP contribution in [-0.4, -0.2) is 25.0 Å². The molecule has 0 bridgehead atoms. The molecule has 1 aromatic carbocycles. The zero-order valence-corrected chi connectivity index (χ0v) is 12.1. The first-order valence-corrected chi connectivity index (χ1v) is 7.24. The van der Waals surface area contributed by atoms with Crippen molar-refractivity contribution < 1.29 is 9.21 Å². The van der Waals surface area contributed by atoms with Gasteiger partial charge in [-0.25, -0.2) is 0 Å². The van der Waals surface area contributed by atoms with Gasteiger partial charge in [0.1, 0.15) is 0 Å². The average molecular weight is 293 g/mol. The molecule has 3 rings (SSSR count). The second kappa shape index (κ2) is 5.46. The summed E-state index contributed by atoms with van der Waals surface area (Å²) >= 11 is 6.09. The molecule has 2 heterocycles. The fourth-order valence-electron chi connectivity index (χ4n) is 2.65. The highest BCUT2D eigenvalue weighted by Gasteiger charge is 2.20. The van der Waals surface area contributed by atoms with Crippen molar-refractivity contribution in [3.05, 3.63) is 34.5 Å². The van der Waals surface area contributed by atoms with E-state index in [1.54, 1.807) is 6.07 Å². The third kappa shape index (κ3) is 2.41. The number of halogens is 1. The van der Waals surface area contributed by atoms with Crippen molar-refractivity contribution >= 4 is 28.5 Å². The van der Waals surface area contributed by atoms with Crippen molar-refractivity contribution in [2.45, 2.75) is 25.8 Å². The van der Waals surface area contributed by atoms with E-state index in [1.165, 1.54) is 6.42 Å². The summed E-state index contributed by atoms with van der Waals surface area (Å²) in [5, 5.41) is 7.69. The van der Waals surface area contributed by atoms with E-state index in [-0.39, 0.29) is 5.91 Å². The van der Waals surface area contributed by atoms with Crippen LogP contribution in [0.2, 0.25) is 5.02 Å². The van der Waals surface area contributed by atoms with Gasteiger partial charge in [-0.05, 0) is 32.4 Å². The molecule has 0 aliphatic carbocycles. The predicted molar refractivity (Wildman–Crippen MR) is 79.3 cm³/mol. The molecule has 1 unspecified atom stereocenters. The molecule has 1 aliphatic heterocycles. The highest BCUT2D eigenvalue weighted by molar-refractivity contribution is 6.35. The first kappa shape index (κ1) is 13.5. The molecular weight excluding hydrogens is 276 g/mol. The minimum absolute atomic E-state index is 0.177. The minimum atomic E-state index is -0.177. The Kier molecular flexibility index (Phi) is 3.68. The smallest absolute Gasteiger partial charge is 0.287 e. The highest BCUT2D eigenvalue weighted by atomic mass is 35.5. The fourth-order valence-corrected chi connectivity index (χ4v) is 2.87. The van der Waals surface area contributed by atoms with Gasteiger partial charge in [0, 0.05) is 23.5 Å². The highest BCUT2D eigenvalue weighted by Crippen LogP contribution is 2.30. The van der Waals surface area contributed by atoms with Gasteiger partial charge in [-0.15, -0.1) is 0 Å². The van der Waals surface area contributed by atoms with E-state index >= 15 is 0 Å². The Labute approximate surface area is 122 Å². The Morgan fingerprint density at radius 2 is 2.40 bits per heavy atom. The molecular formula is C15H17ClN2O2. The van der Waals surface area contributed by atoms with Crippen LogP contribution in [0.1, 0.15) is 29.0 Å². The van der Waals surface area contributed by atoms with Gasteiger partial charge in [0.05, 0.1) is 5.02 Å². The molecule has 1 fully saturated rings. The molecule has 2 N–H and O–H groups in total. The van der Waals surface area contributed by atoms with Gasteiger partial charge >= 0.3 is 0 Å². The number of amides is 1. The molecule has 1 amide bonds. The summed E-state index contributed by atoms with van der Waals surface area (Å²) in [6.07, 6.45) is 2.27. The van der Waals surface area contributed by atoms with Crippen LogP contribution in [0, 0.1) is 6.92 Å². The maximum Gasteiger partial charge on any atom is 0.287 e. The van der Waals surface area contributed by atoms with E-state index in [0.717, 1.165) is 23.9 Å². The topological polar surface area (TPSA) is 54.3 Å². The van der Waals surface area contributed by atoms with Gasteiger partial charge in [-0.1, -0.05) is 23.7 Å². The second-order valence-electron chi connectivity index (χ2n) is 5.18. The van der Waals surface area contributed by atoms with Crippen LogP contribution >= 0.6 is 11.6 Å². The van der Waals surface area contributed by atoms with Crippen LogP contribution < -0.4 is 10.6 Å². The number of nitrogens with one attached hydrogen (secondary N) is 2. The van der Waals surface area contributed by atoms with E-state index < -0.39 is 0 Å². The molecule has 1 saturated heterocycles. The number of carbonyl (C=O) groups is 1. The molecule has 1 atom stereocenters. The van der Waals surface area contributed by atoms with Crippen LogP contribution in [0.15, 0.2) is 22.6 Å². The van der Waals surface area contributed by atoms with Crippen LogP contribution in [0.5, 0.6) is 0 Å². The van der Waals surface area contributed by atoms with Gasteiger partial charge < -0.3 is 15.1 Å². The third-order valence-corrected chi connectivity index (χ3v) is 4.09. The Morgan fingerprint density at radius 3 is 3.10 bits per heavy atom. The molecule has 20 heavy (non-hydrogen) atoms. The average Bonchev–Trinajstić information content (AvgIpc) is 3.06. The van der Waals surface area contributed by atoms with Gasteiger partial charge in [0.25, 0.3) is 5.91 Å². The first-order valence-electron chi connectivity index (χ1n) is 6.86. The number of fused-ring (bicyclic) bond motifs is 1. The Balaban J connectivity index is 1.80. The van der Waals surface area contributed by atoms with E-state index in [2.05, 4.69) is 10.6 Å². The summed E-state index contributed by atoms with van der Waals surface area (Å²) in [6.45, 7) is 3.54. The summed E-state index contributed by atoms with van der Waals surface area (Å²) in [5.41, 5.74) is 1.41. The van der Waals surface area contributed by atoms with Crippen molar-refractivity contribution in [2.75, 3.05) is 13.1 Å². The van der Waals surface area contributed by atoms with Crippen LogP contribution in [0.25, 0.3) is 11.0 Å². The number of hydrogen-bond acceptors (Lipinski definition) is 3. The number of para-hydroxylation sites is 1. The fraction of sp³-hybridized carbons (Fsp3) is 0.400. The van der Waals surface area contributed by atoms with Gasteiger partial charge in [0.2, 0.25) is 0 Å². The molecule has 5 heteroatoms. The lowest BCUT2D eigenvalue weighted by molar-refractivity contribution is 0.0924. The number of hydrogen-bond donors (Lipinski definition) is 2. The van der Waals surface area contributed by atoms with Crippen molar-refractivity contribution in [1.29, 1.82) is 0 Å². The van der Waals surface area contributed by atoms with Crippen molar-refractivity contribution in [1.82, 2.24) is 10.6 Å². The normalized spacial score (nSPS) is 18.6. The molecule has 2 aromatic rings. The molecule has 0 saturated carbocycles. The molecule has 0 spiro atoms. The van der Waals surface area contributed by atoms with E-state index in [0.29, 0.717) is 29.0 Å². The molecule has 106 valence electrons. The van der Waals surface area contributed by atoms with E-state index in [9.17, 15) is 4.79 Å². The SMILES string of the molecule is Cc1c(C(=O)NCC2CCCN2)oc2c(Cl)cccc12. The molecule has 1 aliphatic rings. The number of carbonyl (C=O) groups excluding carboxylic acids is 1. The number of furan rings is 1. The Morgan fingerprint density at radius 1 is 1.55 bits per heavy atom. The van der Waals surface area contributed by atoms with E-state index in [4.69, 9.17) is 16.0 Å². The molecule has 1 aromatic heterocycles. The lowest BCUT2D eigenvalue weighted by Crippen LogP contribution is -2.37. The minimum Gasteiger partial charge on any atom is -0.449 e. The lowest BCUT2D eigenvalue weighted by atomic mass is 10.1. The third-order valence-electron chi connectivity index (χ3n) is 3.79. The number of aryl methyl sites for hydroxylation is 1. The second-order valence-corrected chi connectivity index (χ2v) is 5.58. The largest absolute Gasteiger partial charge is 0.449 e. The van der Waals surface area contributed by atoms with Gasteiger partial charge in [-0.2, -0.15) is 0 Å². The predicted octanol–water partition coefficient (Wildman–Crippen LogP) is 2.88. The lowest BCUT2D eigenvalue weighted by Gasteiger charge is -2.10. The van der Waals surface area contributed by atoms with Gasteiger partial charge in [-0.3, -0.25) is 4.79 Å². The molecule has 0 radical (unpaired) electrons. The zero-order valence-electron chi connectivity index (χ0n) is 11.3. The summed E-state index contributed by atoms with van der Waals surface area (Å²) in [5.74, 6) is 0.176. The standard InChI is InChI=1S/C15H17ClN2O2/c1-9-11-5-2-6-12(16)14(11)20-13(9)15(19)18-8-10-4-3-7-17-10/h2,5-6,10,17H,3-4,7-8H2,1H3,(H,18,19). The summed E-state index contributed by atoms with van der Waals surface area (Å²) < 4.78 is 5.64. The summed E-state index contributed by atoms with van der Waals surface area (Å²) in [4.78, 5) is 12.2. The Hall–Kier alpha value is -1.52. The zero-order chi connectivity index (χ0) is 14.1. The Bertz CT molecular complexity index is 645. The summed E-state index contributed by atoms with van der Waals surface area (Å²) in [7, 11) is 0. The van der Waals surface area contributed by atoms with Crippen LogP contribution in [0.4, 0.5) is 0 Å². The van der Waals surface area contributed by atoms with Crippen LogP contribution in [-0.2, 0) is 0 Å². The number of rotatable bonds is 3. The quantitative estimate of drug-likeness (QED) is 0.914. The first-order chi connectivity index (χ1) is 9.66.